The van der Waals surface area contributed by atoms with Crippen LogP contribution in [0.5, 0.6) is 0 Å². The van der Waals surface area contributed by atoms with Gasteiger partial charge in [-0.15, -0.1) is 0 Å². The predicted molar refractivity (Wildman–Crippen MR) is 69.7 cm³/mol. The van der Waals surface area contributed by atoms with E-state index in [0.29, 0.717) is 12.2 Å². The van der Waals surface area contributed by atoms with Gasteiger partial charge in [-0.2, -0.15) is 0 Å². The Bertz CT molecular complexity index is 617. The Balaban J connectivity index is 2.22. The molecule has 2 N–H and O–H groups in total. The molecule has 0 radical (unpaired) electrons. The number of hydrogen-bond donors (Lipinski definition) is 2. The molecular formula is C13H13F2N3O2. The van der Waals surface area contributed by atoms with E-state index >= 15 is 0 Å². The number of aryl methyl sites for hydroxylation is 1. The van der Waals surface area contributed by atoms with Gasteiger partial charge in [-0.1, -0.05) is 5.16 Å². The fraction of sp³-hybridized carbons (Fsp3) is 0.231. The van der Waals surface area contributed by atoms with E-state index in [2.05, 4.69) is 15.8 Å². The molecule has 0 saturated heterocycles. The summed E-state index contributed by atoms with van der Waals surface area (Å²) in [6.07, 6.45) is 0. The third-order valence-electron chi connectivity index (χ3n) is 2.52. The Morgan fingerprint density at radius 1 is 1.30 bits per heavy atom. The van der Waals surface area contributed by atoms with Crippen LogP contribution in [0, 0.1) is 18.6 Å². The van der Waals surface area contributed by atoms with E-state index in [-0.39, 0.29) is 17.1 Å². The minimum Gasteiger partial charge on any atom is -0.381 e. The predicted octanol–water partition coefficient (Wildman–Crippen LogP) is 2.95. The van der Waals surface area contributed by atoms with Crippen molar-refractivity contribution >= 4 is 17.5 Å². The van der Waals surface area contributed by atoms with Crippen molar-refractivity contribution < 1.29 is 18.1 Å². The first-order valence-electron chi connectivity index (χ1n) is 5.99. The van der Waals surface area contributed by atoms with Crippen molar-refractivity contribution in [3.05, 3.63) is 41.1 Å². The average Bonchev–Trinajstić information content (AvgIpc) is 2.79. The highest BCUT2D eigenvalue weighted by Crippen LogP contribution is 2.21. The lowest BCUT2D eigenvalue weighted by Crippen LogP contribution is -2.13. The van der Waals surface area contributed by atoms with E-state index < -0.39 is 17.5 Å². The van der Waals surface area contributed by atoms with Gasteiger partial charge in [-0.05, 0) is 26.0 Å². The molecule has 20 heavy (non-hydrogen) atoms. The third kappa shape index (κ3) is 2.93. The molecule has 1 amide bonds. The summed E-state index contributed by atoms with van der Waals surface area (Å²) >= 11 is 0. The summed E-state index contributed by atoms with van der Waals surface area (Å²) in [6, 6.07) is 3.41. The fourth-order valence-corrected chi connectivity index (χ4v) is 1.66. The molecular weight excluding hydrogens is 268 g/mol. The van der Waals surface area contributed by atoms with Crippen molar-refractivity contribution in [2.75, 3.05) is 17.2 Å². The van der Waals surface area contributed by atoms with Crippen LogP contribution in [0.3, 0.4) is 0 Å². The summed E-state index contributed by atoms with van der Waals surface area (Å²) in [7, 11) is 0. The number of anilines is 2. The lowest BCUT2D eigenvalue weighted by atomic mass is 10.1. The largest absolute Gasteiger partial charge is 0.381 e. The molecule has 106 valence electrons. The first-order chi connectivity index (χ1) is 9.51. The molecule has 1 heterocycles. The van der Waals surface area contributed by atoms with Gasteiger partial charge in [0.1, 0.15) is 17.3 Å². The third-order valence-corrected chi connectivity index (χ3v) is 2.52. The second-order valence-corrected chi connectivity index (χ2v) is 4.13. The van der Waals surface area contributed by atoms with Crippen molar-refractivity contribution in [2.24, 2.45) is 0 Å². The maximum absolute atomic E-state index is 13.7. The normalized spacial score (nSPS) is 10.4. The molecule has 0 unspecified atom stereocenters. The van der Waals surface area contributed by atoms with Crippen LogP contribution in [0.4, 0.5) is 20.4 Å². The van der Waals surface area contributed by atoms with Crippen molar-refractivity contribution in [1.82, 2.24) is 5.16 Å². The van der Waals surface area contributed by atoms with Gasteiger partial charge in [0.25, 0.3) is 5.91 Å². The molecule has 0 spiro atoms. The summed E-state index contributed by atoms with van der Waals surface area (Å²) in [5.41, 5.74) is 0.190. The summed E-state index contributed by atoms with van der Waals surface area (Å²) in [5, 5.41) is 8.51. The molecule has 0 atom stereocenters. The van der Waals surface area contributed by atoms with Gasteiger partial charge in [0.05, 0.1) is 5.69 Å². The maximum Gasteiger partial charge on any atom is 0.258 e. The number of hydrogen-bond acceptors (Lipinski definition) is 4. The Kier molecular flexibility index (Phi) is 3.97. The van der Waals surface area contributed by atoms with Crippen molar-refractivity contribution in [3.63, 3.8) is 0 Å². The maximum atomic E-state index is 13.7. The van der Waals surface area contributed by atoms with Crippen LogP contribution < -0.4 is 10.6 Å². The number of rotatable bonds is 4. The van der Waals surface area contributed by atoms with Gasteiger partial charge in [0.2, 0.25) is 5.88 Å². The summed E-state index contributed by atoms with van der Waals surface area (Å²) in [6.45, 7) is 3.77. The van der Waals surface area contributed by atoms with Crippen LogP contribution in [0.25, 0.3) is 0 Å². The number of nitrogens with one attached hydrogen (secondary N) is 2. The smallest absolute Gasteiger partial charge is 0.258 e. The second-order valence-electron chi connectivity index (χ2n) is 4.13. The van der Waals surface area contributed by atoms with E-state index in [1.807, 2.05) is 0 Å². The van der Waals surface area contributed by atoms with Crippen LogP contribution in [0.2, 0.25) is 0 Å². The van der Waals surface area contributed by atoms with Crippen LogP contribution in [-0.2, 0) is 0 Å². The molecule has 1 aromatic carbocycles. The van der Waals surface area contributed by atoms with Crippen molar-refractivity contribution in [3.8, 4) is 0 Å². The van der Waals surface area contributed by atoms with Crippen molar-refractivity contribution in [2.45, 2.75) is 13.8 Å². The molecule has 0 aliphatic carbocycles. The summed E-state index contributed by atoms with van der Waals surface area (Å²) < 4.78 is 32.2. The highest BCUT2D eigenvalue weighted by molar-refractivity contribution is 6.03. The number of aromatic nitrogens is 1. The molecule has 5 nitrogen and oxygen atoms in total. The van der Waals surface area contributed by atoms with Crippen LogP contribution in [-0.4, -0.2) is 17.6 Å². The minimum absolute atomic E-state index is 0.115. The Morgan fingerprint density at radius 3 is 2.45 bits per heavy atom. The van der Waals surface area contributed by atoms with Crippen LogP contribution >= 0.6 is 0 Å². The summed E-state index contributed by atoms with van der Waals surface area (Å²) in [4.78, 5) is 11.8. The minimum atomic E-state index is -0.828. The number of carbonyl (C=O) groups is 1. The van der Waals surface area contributed by atoms with Gasteiger partial charge >= 0.3 is 0 Å². The Hall–Kier alpha value is -2.44. The van der Waals surface area contributed by atoms with Gasteiger partial charge in [-0.3, -0.25) is 10.1 Å². The van der Waals surface area contributed by atoms with E-state index in [0.717, 1.165) is 12.1 Å². The van der Waals surface area contributed by atoms with E-state index in [1.165, 1.54) is 6.07 Å². The molecule has 2 rings (SSSR count). The number of nitrogens with zero attached hydrogens (tertiary/aromatic N) is 1. The van der Waals surface area contributed by atoms with Gasteiger partial charge in [-0.25, -0.2) is 8.78 Å². The van der Waals surface area contributed by atoms with Crippen molar-refractivity contribution in [1.29, 1.82) is 0 Å². The molecule has 7 heteroatoms. The quantitative estimate of drug-likeness (QED) is 0.904. The molecule has 0 fully saturated rings. The zero-order chi connectivity index (χ0) is 14.7. The first-order valence-corrected chi connectivity index (χ1v) is 5.99. The zero-order valence-electron chi connectivity index (χ0n) is 11.0. The average molecular weight is 281 g/mol. The first kappa shape index (κ1) is 14.0. The van der Waals surface area contributed by atoms with Crippen LogP contribution in [0.15, 0.2) is 22.7 Å². The molecule has 0 bridgehead atoms. The van der Waals surface area contributed by atoms with E-state index in [4.69, 9.17) is 4.52 Å². The standard InChI is InChI=1S/C13H13F2N3O2/c1-3-16-12-9(14)5-8(6-10(12)15)13(19)17-11-4-7(2)18-20-11/h4-6,16H,3H2,1-2H3,(H,17,19). The lowest BCUT2D eigenvalue weighted by molar-refractivity contribution is 0.102. The highest BCUT2D eigenvalue weighted by atomic mass is 19.1. The molecule has 2 aromatic rings. The fourth-order valence-electron chi connectivity index (χ4n) is 1.66. The summed E-state index contributed by atoms with van der Waals surface area (Å²) in [5.74, 6) is -2.22. The topological polar surface area (TPSA) is 67.2 Å². The van der Waals surface area contributed by atoms with Crippen LogP contribution in [0.1, 0.15) is 23.0 Å². The second kappa shape index (κ2) is 5.68. The van der Waals surface area contributed by atoms with Gasteiger partial charge in [0, 0.05) is 18.2 Å². The number of carbonyl (C=O) groups excluding carboxylic acids is 1. The van der Waals surface area contributed by atoms with E-state index in [9.17, 15) is 13.6 Å². The monoisotopic (exact) mass is 281 g/mol. The molecule has 0 aliphatic heterocycles. The molecule has 1 aromatic heterocycles. The molecule has 0 saturated carbocycles. The number of amides is 1. The highest BCUT2D eigenvalue weighted by Gasteiger charge is 2.16. The van der Waals surface area contributed by atoms with Gasteiger partial charge < -0.3 is 9.84 Å². The molecule has 0 aliphatic rings. The zero-order valence-corrected chi connectivity index (χ0v) is 11.0. The Labute approximate surface area is 114 Å². The SMILES string of the molecule is CCNc1c(F)cc(C(=O)Nc2cc(C)no2)cc1F. The number of halogens is 2. The van der Waals surface area contributed by atoms with E-state index in [1.54, 1.807) is 13.8 Å². The lowest BCUT2D eigenvalue weighted by Gasteiger charge is -2.08. The van der Waals surface area contributed by atoms with Gasteiger partial charge in [0.15, 0.2) is 0 Å². The Morgan fingerprint density at radius 2 is 1.95 bits per heavy atom. The number of benzene rings is 1.